The number of nitrogens with one attached hydrogen (secondary N) is 1. The van der Waals surface area contributed by atoms with Crippen LogP contribution in [0.25, 0.3) is 11.4 Å². The van der Waals surface area contributed by atoms with Crippen LogP contribution in [-0.4, -0.2) is 32.2 Å². The molecule has 0 aliphatic carbocycles. The Morgan fingerprint density at radius 1 is 1.18 bits per heavy atom. The Bertz CT molecular complexity index is 675. The summed E-state index contributed by atoms with van der Waals surface area (Å²) < 4.78 is 53.0. The highest BCUT2D eigenvalue weighted by Crippen LogP contribution is 2.41. The molecule has 0 amide bonds. The number of hydrogen-bond acceptors (Lipinski definition) is 4. The van der Waals surface area contributed by atoms with Crippen LogP contribution in [0, 0.1) is 0 Å². The zero-order valence-corrected chi connectivity index (χ0v) is 11.4. The minimum absolute atomic E-state index is 0. The molecule has 1 heterocycles. The van der Waals surface area contributed by atoms with E-state index in [4.69, 9.17) is 10.8 Å². The van der Waals surface area contributed by atoms with Crippen LogP contribution in [0.2, 0.25) is 0 Å². The summed E-state index contributed by atoms with van der Waals surface area (Å²) in [6.45, 7) is 0. The number of carboxylic acid groups (broad SMARTS) is 1. The van der Waals surface area contributed by atoms with Gasteiger partial charge in [-0.05, 0) is 24.3 Å². The largest absolute Gasteiger partial charge is 0.477 e. The van der Waals surface area contributed by atoms with E-state index in [9.17, 15) is 22.4 Å². The van der Waals surface area contributed by atoms with Gasteiger partial charge in [0, 0.05) is 11.3 Å². The minimum Gasteiger partial charge on any atom is -0.477 e. The van der Waals surface area contributed by atoms with E-state index >= 15 is 0 Å². The van der Waals surface area contributed by atoms with Gasteiger partial charge in [-0.2, -0.15) is 22.7 Å². The van der Waals surface area contributed by atoms with E-state index < -0.39 is 23.6 Å². The lowest BCUT2D eigenvalue weighted by molar-refractivity contribution is -0.231. The standard InChI is InChI=1S/C11H8F4N4O2.ClH/c12-10(13,11(14,15)9(20)21)8-17-7(18-19-8)5-1-3-6(16)4-2-5;/h1-4H,16H2,(H,20,21)(H,17,18,19);1H. The van der Waals surface area contributed by atoms with E-state index in [1.165, 1.54) is 24.3 Å². The van der Waals surface area contributed by atoms with Crippen molar-refractivity contribution in [1.29, 1.82) is 0 Å². The van der Waals surface area contributed by atoms with Gasteiger partial charge in [-0.15, -0.1) is 12.4 Å². The molecule has 0 bridgehead atoms. The number of nitrogens with two attached hydrogens (primary N) is 1. The van der Waals surface area contributed by atoms with Crippen molar-refractivity contribution < 1.29 is 27.5 Å². The number of halogens is 5. The number of benzene rings is 1. The first kappa shape index (κ1) is 17.7. The summed E-state index contributed by atoms with van der Waals surface area (Å²) in [6, 6.07) is 5.68. The van der Waals surface area contributed by atoms with Crippen LogP contribution in [0.4, 0.5) is 23.2 Å². The number of alkyl halides is 4. The van der Waals surface area contributed by atoms with Gasteiger partial charge in [0.05, 0.1) is 0 Å². The van der Waals surface area contributed by atoms with Crippen LogP contribution in [0.3, 0.4) is 0 Å². The highest BCUT2D eigenvalue weighted by atomic mass is 35.5. The summed E-state index contributed by atoms with van der Waals surface area (Å²) in [5, 5.41) is 13.2. The summed E-state index contributed by atoms with van der Waals surface area (Å²) in [4.78, 5) is 13.5. The van der Waals surface area contributed by atoms with Crippen LogP contribution in [0.1, 0.15) is 5.82 Å². The maximum Gasteiger partial charge on any atom is 0.411 e. The number of aromatic amines is 1. The number of hydrogen-bond donors (Lipinski definition) is 3. The zero-order chi connectivity index (χ0) is 15.8. The summed E-state index contributed by atoms with van der Waals surface area (Å²) in [5.41, 5.74) is 6.09. The molecule has 120 valence electrons. The molecule has 2 aromatic rings. The number of aromatic nitrogens is 3. The Labute approximate surface area is 126 Å². The molecule has 4 N–H and O–H groups in total. The molecule has 22 heavy (non-hydrogen) atoms. The second-order valence-electron chi connectivity index (χ2n) is 4.08. The van der Waals surface area contributed by atoms with Crippen molar-refractivity contribution in [2.45, 2.75) is 11.8 Å². The number of carbonyl (C=O) groups is 1. The number of aliphatic carboxylic acids is 1. The predicted octanol–water partition coefficient (Wildman–Crippen LogP) is 2.29. The van der Waals surface area contributed by atoms with Gasteiger partial charge < -0.3 is 10.8 Å². The molecule has 0 saturated carbocycles. The first-order valence-electron chi connectivity index (χ1n) is 5.44. The molecule has 0 radical (unpaired) electrons. The predicted molar refractivity (Wildman–Crippen MR) is 70.0 cm³/mol. The summed E-state index contributed by atoms with van der Waals surface area (Å²) in [6.07, 6.45) is 0. The second kappa shape index (κ2) is 5.79. The topological polar surface area (TPSA) is 105 Å². The second-order valence-corrected chi connectivity index (χ2v) is 4.08. The lowest BCUT2D eigenvalue weighted by Crippen LogP contribution is -2.45. The molecule has 0 spiro atoms. The van der Waals surface area contributed by atoms with Crippen LogP contribution in [-0.2, 0) is 10.7 Å². The summed E-state index contributed by atoms with van der Waals surface area (Å²) in [7, 11) is 0. The average molecular weight is 341 g/mol. The third-order valence-corrected chi connectivity index (χ3v) is 2.61. The lowest BCUT2D eigenvalue weighted by Gasteiger charge is -2.20. The maximum absolute atomic E-state index is 13.5. The SMILES string of the molecule is Cl.Nc1ccc(-c2n[nH]c(C(F)(F)C(F)(F)C(=O)O)n2)cc1. The fourth-order valence-corrected chi connectivity index (χ4v) is 1.45. The number of H-pyrrole nitrogens is 1. The zero-order valence-electron chi connectivity index (χ0n) is 10.6. The Kier molecular flexibility index (Phi) is 4.66. The van der Waals surface area contributed by atoms with Gasteiger partial charge in [0.25, 0.3) is 0 Å². The normalized spacial score (nSPS) is 11.8. The van der Waals surface area contributed by atoms with Crippen LogP contribution >= 0.6 is 12.4 Å². The van der Waals surface area contributed by atoms with Gasteiger partial charge in [-0.3, -0.25) is 5.10 Å². The van der Waals surface area contributed by atoms with E-state index in [1.807, 2.05) is 0 Å². The van der Waals surface area contributed by atoms with Gasteiger partial charge in [-0.1, -0.05) is 0 Å². The Morgan fingerprint density at radius 2 is 1.73 bits per heavy atom. The third kappa shape index (κ3) is 2.82. The minimum atomic E-state index is -5.31. The molecule has 0 atom stereocenters. The number of rotatable bonds is 4. The number of nitrogens with zero attached hydrogens (tertiary/aromatic N) is 2. The van der Waals surface area contributed by atoms with Crippen molar-refractivity contribution in [3.8, 4) is 11.4 Å². The molecule has 0 aliphatic heterocycles. The van der Waals surface area contributed by atoms with E-state index in [2.05, 4.69) is 10.1 Å². The van der Waals surface area contributed by atoms with Crippen molar-refractivity contribution in [3.63, 3.8) is 0 Å². The smallest absolute Gasteiger partial charge is 0.411 e. The number of anilines is 1. The van der Waals surface area contributed by atoms with Gasteiger partial charge >= 0.3 is 17.8 Å². The number of carboxylic acids is 1. The molecule has 2 rings (SSSR count). The van der Waals surface area contributed by atoms with Crippen molar-refractivity contribution >= 4 is 24.1 Å². The lowest BCUT2D eigenvalue weighted by atomic mass is 10.1. The number of nitrogen functional groups attached to an aromatic ring is 1. The highest BCUT2D eigenvalue weighted by molar-refractivity contribution is 5.85. The molecule has 0 saturated heterocycles. The van der Waals surface area contributed by atoms with Crippen LogP contribution in [0.15, 0.2) is 24.3 Å². The Hall–Kier alpha value is -2.36. The van der Waals surface area contributed by atoms with E-state index in [-0.39, 0.29) is 23.8 Å². The molecule has 0 unspecified atom stereocenters. The molecule has 0 aliphatic rings. The summed E-state index contributed by atoms with van der Waals surface area (Å²) >= 11 is 0. The van der Waals surface area contributed by atoms with Crippen molar-refractivity contribution in [1.82, 2.24) is 15.2 Å². The van der Waals surface area contributed by atoms with E-state index in [0.29, 0.717) is 5.69 Å². The van der Waals surface area contributed by atoms with Crippen molar-refractivity contribution in [2.24, 2.45) is 0 Å². The van der Waals surface area contributed by atoms with E-state index in [1.54, 1.807) is 5.10 Å². The molecule has 1 aromatic heterocycles. The quantitative estimate of drug-likeness (QED) is 0.585. The van der Waals surface area contributed by atoms with Gasteiger partial charge in [0.15, 0.2) is 5.82 Å². The van der Waals surface area contributed by atoms with Crippen molar-refractivity contribution in [3.05, 3.63) is 30.1 Å². The maximum atomic E-state index is 13.5. The highest BCUT2D eigenvalue weighted by Gasteiger charge is 2.65. The monoisotopic (exact) mass is 340 g/mol. The molecule has 0 fully saturated rings. The molecule has 1 aromatic carbocycles. The molecule has 6 nitrogen and oxygen atoms in total. The first-order valence-corrected chi connectivity index (χ1v) is 5.44. The fourth-order valence-electron chi connectivity index (χ4n) is 1.45. The van der Waals surface area contributed by atoms with Crippen LogP contribution < -0.4 is 5.73 Å². The van der Waals surface area contributed by atoms with Gasteiger partial charge in [0.2, 0.25) is 5.82 Å². The summed E-state index contributed by atoms with van der Waals surface area (Å²) in [5.74, 6) is -15.1. The average Bonchev–Trinajstić information content (AvgIpc) is 2.89. The van der Waals surface area contributed by atoms with Crippen molar-refractivity contribution in [2.75, 3.05) is 5.73 Å². The van der Waals surface area contributed by atoms with Crippen LogP contribution in [0.5, 0.6) is 0 Å². The third-order valence-electron chi connectivity index (χ3n) is 2.61. The first-order chi connectivity index (χ1) is 9.66. The van der Waals surface area contributed by atoms with E-state index in [0.717, 1.165) is 0 Å². The molecular formula is C11H9ClF4N4O2. The molecule has 11 heteroatoms. The van der Waals surface area contributed by atoms with Gasteiger partial charge in [-0.25, -0.2) is 9.78 Å². The Morgan fingerprint density at radius 3 is 2.23 bits per heavy atom. The molecular weight excluding hydrogens is 332 g/mol. The van der Waals surface area contributed by atoms with Gasteiger partial charge in [0.1, 0.15) is 0 Å². The Balaban J connectivity index is 0.00000242. The fraction of sp³-hybridized carbons (Fsp3) is 0.182.